The zero-order valence-corrected chi connectivity index (χ0v) is 8.73. The maximum absolute atomic E-state index is 5.25. The maximum Gasteiger partial charge on any atom is 0.0949 e. The minimum Gasteiger partial charge on any atom is -0.380 e. The lowest BCUT2D eigenvalue weighted by molar-refractivity contribution is 0.102. The number of rotatable bonds is 4. The smallest absolute Gasteiger partial charge is 0.0949 e. The molecule has 1 unspecified atom stereocenters. The van der Waals surface area contributed by atoms with E-state index >= 15 is 0 Å². The van der Waals surface area contributed by atoms with Gasteiger partial charge in [0.05, 0.1) is 12.4 Å². The van der Waals surface area contributed by atoms with Crippen LogP contribution in [-0.4, -0.2) is 35.9 Å². The van der Waals surface area contributed by atoms with Crippen molar-refractivity contribution in [2.24, 2.45) is 0 Å². The first-order valence-electron chi connectivity index (χ1n) is 5.04. The van der Waals surface area contributed by atoms with Gasteiger partial charge in [-0.15, -0.1) is 0 Å². The molecular weight excluding hydrogens is 178 g/mol. The Morgan fingerprint density at radius 3 is 3.07 bits per heavy atom. The van der Waals surface area contributed by atoms with Crippen LogP contribution in [-0.2, 0) is 11.3 Å². The summed E-state index contributed by atoms with van der Waals surface area (Å²) in [5.41, 5.74) is 1.33. The topological polar surface area (TPSA) is 39.1 Å². The van der Waals surface area contributed by atoms with E-state index in [-0.39, 0.29) is 6.10 Å². The third-order valence-corrected chi connectivity index (χ3v) is 2.80. The first-order chi connectivity index (χ1) is 6.81. The van der Waals surface area contributed by atoms with Gasteiger partial charge in [-0.1, -0.05) is 0 Å². The van der Waals surface area contributed by atoms with Gasteiger partial charge in [0.1, 0.15) is 0 Å². The summed E-state index contributed by atoms with van der Waals surface area (Å²) in [7, 11) is 1.74. The number of hydrogen-bond acceptors (Lipinski definition) is 3. The third-order valence-electron chi connectivity index (χ3n) is 2.80. The molecule has 1 N–H and O–H groups in total. The van der Waals surface area contributed by atoms with Crippen molar-refractivity contribution < 1.29 is 4.74 Å². The summed E-state index contributed by atoms with van der Waals surface area (Å²) in [5.74, 6) is 0.640. The van der Waals surface area contributed by atoms with E-state index in [0.29, 0.717) is 5.92 Å². The van der Waals surface area contributed by atoms with Crippen LogP contribution in [0.25, 0.3) is 0 Å². The average Bonchev–Trinajstić information content (AvgIpc) is 2.50. The van der Waals surface area contributed by atoms with Gasteiger partial charge < -0.3 is 14.6 Å². The summed E-state index contributed by atoms with van der Waals surface area (Å²) in [4.78, 5) is 4.19. The van der Waals surface area contributed by atoms with Gasteiger partial charge in [-0.2, -0.15) is 0 Å². The zero-order valence-electron chi connectivity index (χ0n) is 8.73. The monoisotopic (exact) mass is 195 g/mol. The van der Waals surface area contributed by atoms with E-state index in [1.165, 1.54) is 5.69 Å². The number of aromatic nitrogens is 2. The van der Waals surface area contributed by atoms with E-state index in [2.05, 4.69) is 21.8 Å². The SMILES string of the molecule is COC(C)Cn1cncc1C1CNC1. The molecule has 2 heterocycles. The Morgan fingerprint density at radius 1 is 1.71 bits per heavy atom. The molecule has 1 fully saturated rings. The number of nitrogens with zero attached hydrogens (tertiary/aromatic N) is 2. The first-order valence-corrected chi connectivity index (χ1v) is 5.04. The van der Waals surface area contributed by atoms with Gasteiger partial charge in [0, 0.05) is 44.6 Å². The second-order valence-corrected chi connectivity index (χ2v) is 3.87. The highest BCUT2D eigenvalue weighted by Crippen LogP contribution is 2.19. The number of hydrogen-bond donors (Lipinski definition) is 1. The normalized spacial score (nSPS) is 19.3. The number of methoxy groups -OCH3 is 1. The van der Waals surface area contributed by atoms with Crippen molar-refractivity contribution >= 4 is 0 Å². The Labute approximate surface area is 84.3 Å². The molecule has 1 aromatic heterocycles. The van der Waals surface area contributed by atoms with Gasteiger partial charge in [0.15, 0.2) is 0 Å². The van der Waals surface area contributed by atoms with Crippen LogP contribution < -0.4 is 5.32 Å². The van der Waals surface area contributed by atoms with Crippen LogP contribution in [0.3, 0.4) is 0 Å². The molecule has 4 nitrogen and oxygen atoms in total. The standard InChI is InChI=1S/C10H17N3O/c1-8(14-2)6-13-7-12-5-10(13)9-3-11-4-9/h5,7-9,11H,3-4,6H2,1-2H3. The molecule has 0 spiro atoms. The summed E-state index contributed by atoms with van der Waals surface area (Å²) in [6, 6.07) is 0. The van der Waals surface area contributed by atoms with Gasteiger partial charge in [0.2, 0.25) is 0 Å². The van der Waals surface area contributed by atoms with Crippen LogP contribution >= 0.6 is 0 Å². The molecular formula is C10H17N3O. The Kier molecular flexibility index (Phi) is 2.84. The van der Waals surface area contributed by atoms with Gasteiger partial charge in [-0.25, -0.2) is 4.98 Å². The molecule has 2 rings (SSSR count). The van der Waals surface area contributed by atoms with E-state index in [4.69, 9.17) is 4.74 Å². The predicted octanol–water partition coefficient (Wildman–Crippen LogP) is 0.605. The fourth-order valence-corrected chi connectivity index (χ4v) is 1.67. The quantitative estimate of drug-likeness (QED) is 0.765. The fourth-order valence-electron chi connectivity index (χ4n) is 1.67. The molecule has 4 heteroatoms. The van der Waals surface area contributed by atoms with Crippen molar-refractivity contribution in [2.45, 2.75) is 25.5 Å². The lowest BCUT2D eigenvalue weighted by Crippen LogP contribution is -2.41. The molecule has 0 radical (unpaired) electrons. The summed E-state index contributed by atoms with van der Waals surface area (Å²) >= 11 is 0. The summed E-state index contributed by atoms with van der Waals surface area (Å²) in [5, 5.41) is 3.27. The minimum atomic E-state index is 0.246. The van der Waals surface area contributed by atoms with E-state index in [9.17, 15) is 0 Å². The molecule has 0 amide bonds. The first kappa shape index (κ1) is 9.68. The highest BCUT2D eigenvalue weighted by Gasteiger charge is 2.22. The van der Waals surface area contributed by atoms with Crippen molar-refractivity contribution in [3.05, 3.63) is 18.2 Å². The van der Waals surface area contributed by atoms with E-state index in [0.717, 1.165) is 19.6 Å². The van der Waals surface area contributed by atoms with Crippen molar-refractivity contribution in [1.82, 2.24) is 14.9 Å². The van der Waals surface area contributed by atoms with E-state index < -0.39 is 0 Å². The minimum absolute atomic E-state index is 0.246. The predicted molar refractivity (Wildman–Crippen MR) is 54.3 cm³/mol. The Bertz CT molecular complexity index is 293. The lowest BCUT2D eigenvalue weighted by Gasteiger charge is -2.28. The summed E-state index contributed by atoms with van der Waals surface area (Å²) in [6.45, 7) is 5.12. The van der Waals surface area contributed by atoms with Gasteiger partial charge in [0.25, 0.3) is 0 Å². The van der Waals surface area contributed by atoms with Crippen molar-refractivity contribution in [3.63, 3.8) is 0 Å². The average molecular weight is 195 g/mol. The Balaban J connectivity index is 2.05. The van der Waals surface area contributed by atoms with Gasteiger partial charge >= 0.3 is 0 Å². The van der Waals surface area contributed by atoms with Crippen LogP contribution in [0.15, 0.2) is 12.5 Å². The number of ether oxygens (including phenoxy) is 1. The Hall–Kier alpha value is -0.870. The highest BCUT2D eigenvalue weighted by molar-refractivity contribution is 5.11. The van der Waals surface area contributed by atoms with Crippen molar-refractivity contribution in [1.29, 1.82) is 0 Å². The van der Waals surface area contributed by atoms with Crippen LogP contribution in [0, 0.1) is 0 Å². The molecule has 0 bridgehead atoms. The van der Waals surface area contributed by atoms with E-state index in [1.54, 1.807) is 7.11 Å². The van der Waals surface area contributed by atoms with Crippen LogP contribution in [0.1, 0.15) is 18.5 Å². The molecule has 1 aromatic rings. The second kappa shape index (κ2) is 4.11. The lowest BCUT2D eigenvalue weighted by atomic mass is 10.00. The van der Waals surface area contributed by atoms with Crippen LogP contribution in [0.5, 0.6) is 0 Å². The molecule has 0 saturated carbocycles. The van der Waals surface area contributed by atoms with Gasteiger partial charge in [-0.3, -0.25) is 0 Å². The van der Waals surface area contributed by atoms with E-state index in [1.807, 2.05) is 12.5 Å². The molecule has 14 heavy (non-hydrogen) atoms. The largest absolute Gasteiger partial charge is 0.380 e. The Morgan fingerprint density at radius 2 is 2.50 bits per heavy atom. The summed E-state index contributed by atoms with van der Waals surface area (Å²) in [6.07, 6.45) is 4.10. The van der Waals surface area contributed by atoms with Crippen LogP contribution in [0.4, 0.5) is 0 Å². The number of nitrogens with one attached hydrogen (secondary N) is 1. The third kappa shape index (κ3) is 1.81. The second-order valence-electron chi connectivity index (χ2n) is 3.87. The van der Waals surface area contributed by atoms with Crippen LogP contribution in [0.2, 0.25) is 0 Å². The highest BCUT2D eigenvalue weighted by atomic mass is 16.5. The molecule has 1 aliphatic heterocycles. The zero-order chi connectivity index (χ0) is 9.97. The summed E-state index contributed by atoms with van der Waals surface area (Å²) < 4.78 is 7.44. The molecule has 1 saturated heterocycles. The number of imidazole rings is 1. The van der Waals surface area contributed by atoms with Gasteiger partial charge in [-0.05, 0) is 6.92 Å². The fraction of sp³-hybridized carbons (Fsp3) is 0.700. The molecule has 1 aliphatic rings. The maximum atomic E-state index is 5.25. The molecule has 0 aromatic carbocycles. The molecule has 78 valence electrons. The molecule has 0 aliphatic carbocycles. The molecule has 1 atom stereocenters. The van der Waals surface area contributed by atoms with Crippen molar-refractivity contribution in [2.75, 3.05) is 20.2 Å². The van der Waals surface area contributed by atoms with Crippen molar-refractivity contribution in [3.8, 4) is 0 Å².